The van der Waals surface area contributed by atoms with Crippen LogP contribution in [0.4, 0.5) is 19.0 Å². The Morgan fingerprint density at radius 1 is 1.15 bits per heavy atom. The third-order valence-corrected chi connectivity index (χ3v) is 4.90. The number of halogens is 3. The number of alkyl halides is 3. The lowest BCUT2D eigenvalue weighted by molar-refractivity contribution is -0.137. The molecule has 4 rings (SSSR count). The Hall–Kier alpha value is -2.61. The van der Waals surface area contributed by atoms with Gasteiger partial charge in [-0.3, -0.25) is 4.90 Å². The van der Waals surface area contributed by atoms with E-state index >= 15 is 0 Å². The molecular formula is C19H20F3N5. The van der Waals surface area contributed by atoms with E-state index in [0.29, 0.717) is 18.3 Å². The Kier molecular flexibility index (Phi) is 4.73. The third-order valence-electron chi connectivity index (χ3n) is 4.90. The van der Waals surface area contributed by atoms with Crippen molar-refractivity contribution in [3.05, 3.63) is 59.9 Å². The number of aromatic nitrogens is 3. The molecule has 1 atom stereocenters. The van der Waals surface area contributed by atoms with Gasteiger partial charge in [0.05, 0.1) is 5.56 Å². The summed E-state index contributed by atoms with van der Waals surface area (Å²) < 4.78 is 40.7. The molecule has 1 N–H and O–H groups in total. The highest BCUT2D eigenvalue weighted by Gasteiger charge is 2.32. The van der Waals surface area contributed by atoms with Crippen molar-refractivity contribution in [2.45, 2.75) is 19.1 Å². The van der Waals surface area contributed by atoms with Crippen LogP contribution in [0.25, 0.3) is 5.65 Å². The summed E-state index contributed by atoms with van der Waals surface area (Å²) in [6.07, 6.45) is -2.14. The van der Waals surface area contributed by atoms with Crippen molar-refractivity contribution in [1.82, 2.24) is 19.5 Å². The molecular weight excluding hydrogens is 355 g/mol. The molecule has 0 saturated carbocycles. The highest BCUT2D eigenvalue weighted by molar-refractivity contribution is 5.52. The van der Waals surface area contributed by atoms with Gasteiger partial charge < -0.3 is 5.32 Å². The Labute approximate surface area is 154 Å². The van der Waals surface area contributed by atoms with Crippen molar-refractivity contribution in [3.8, 4) is 0 Å². The Morgan fingerprint density at radius 2 is 1.96 bits per heavy atom. The van der Waals surface area contributed by atoms with Gasteiger partial charge in [0.1, 0.15) is 12.1 Å². The molecule has 1 aliphatic heterocycles. The lowest BCUT2D eigenvalue weighted by Gasteiger charge is -2.17. The first-order valence-electron chi connectivity index (χ1n) is 8.90. The molecule has 8 heteroatoms. The van der Waals surface area contributed by atoms with Crippen LogP contribution in [0.1, 0.15) is 17.5 Å². The van der Waals surface area contributed by atoms with Crippen molar-refractivity contribution in [2.24, 2.45) is 5.92 Å². The second kappa shape index (κ2) is 7.19. The van der Waals surface area contributed by atoms with Crippen LogP contribution in [0.2, 0.25) is 0 Å². The van der Waals surface area contributed by atoms with Gasteiger partial charge in [0.25, 0.3) is 0 Å². The molecule has 3 aromatic rings. The summed E-state index contributed by atoms with van der Waals surface area (Å²) in [5.74, 6) is 0.695. The fourth-order valence-corrected chi connectivity index (χ4v) is 3.53. The van der Waals surface area contributed by atoms with Crippen molar-refractivity contribution >= 4 is 11.5 Å². The van der Waals surface area contributed by atoms with Gasteiger partial charge in [-0.2, -0.15) is 22.8 Å². The normalized spacial score (nSPS) is 18.3. The molecule has 1 aromatic carbocycles. The number of benzene rings is 1. The van der Waals surface area contributed by atoms with Crippen LogP contribution in [0.5, 0.6) is 0 Å². The minimum absolute atomic E-state index is 0.185. The Bertz CT molecular complexity index is 907. The second-order valence-corrected chi connectivity index (χ2v) is 6.91. The first-order chi connectivity index (χ1) is 13.0. The standard InChI is InChI=1S/C19H20F3N5/c20-19(21,22)16-8-17(27-18(9-16)24-13-25-27)23-10-15-6-7-26(12-15)11-14-4-2-1-3-5-14/h1-5,8-9,13,15,23H,6-7,10-12H2. The highest BCUT2D eigenvalue weighted by atomic mass is 19.4. The number of hydrogen-bond acceptors (Lipinski definition) is 4. The number of likely N-dealkylation sites (tertiary alicyclic amines) is 1. The summed E-state index contributed by atoms with van der Waals surface area (Å²) in [6, 6.07) is 12.4. The lowest BCUT2D eigenvalue weighted by atomic mass is 10.1. The van der Waals surface area contributed by atoms with E-state index in [2.05, 4.69) is 32.4 Å². The van der Waals surface area contributed by atoms with Gasteiger partial charge >= 0.3 is 6.18 Å². The molecule has 3 heterocycles. The molecule has 1 aliphatic rings. The monoisotopic (exact) mass is 375 g/mol. The van der Waals surface area contributed by atoms with Gasteiger partial charge in [0.2, 0.25) is 0 Å². The Balaban J connectivity index is 1.41. The summed E-state index contributed by atoms with van der Waals surface area (Å²) in [5, 5.41) is 7.17. The predicted molar refractivity (Wildman–Crippen MR) is 96.3 cm³/mol. The van der Waals surface area contributed by atoms with E-state index in [9.17, 15) is 13.2 Å². The van der Waals surface area contributed by atoms with Gasteiger partial charge in [-0.15, -0.1) is 0 Å². The van der Waals surface area contributed by atoms with Crippen molar-refractivity contribution in [1.29, 1.82) is 0 Å². The maximum Gasteiger partial charge on any atom is 0.416 e. The number of nitrogens with one attached hydrogen (secondary N) is 1. The fraction of sp³-hybridized carbons (Fsp3) is 0.368. The summed E-state index contributed by atoms with van der Waals surface area (Å²) in [7, 11) is 0. The molecule has 142 valence electrons. The molecule has 1 unspecified atom stereocenters. The van der Waals surface area contributed by atoms with E-state index in [1.54, 1.807) is 0 Å². The van der Waals surface area contributed by atoms with Crippen molar-refractivity contribution in [2.75, 3.05) is 25.0 Å². The minimum Gasteiger partial charge on any atom is -0.370 e. The highest BCUT2D eigenvalue weighted by Crippen LogP contribution is 2.32. The summed E-state index contributed by atoms with van der Waals surface area (Å²) in [6.45, 7) is 3.40. The summed E-state index contributed by atoms with van der Waals surface area (Å²) in [4.78, 5) is 6.27. The van der Waals surface area contributed by atoms with Crippen LogP contribution in [-0.4, -0.2) is 39.1 Å². The maximum atomic E-state index is 13.1. The number of hydrogen-bond donors (Lipinski definition) is 1. The van der Waals surface area contributed by atoms with Crippen LogP contribution < -0.4 is 5.32 Å². The molecule has 0 spiro atoms. The van der Waals surface area contributed by atoms with Crippen LogP contribution >= 0.6 is 0 Å². The number of anilines is 1. The number of nitrogens with zero attached hydrogens (tertiary/aromatic N) is 4. The molecule has 0 amide bonds. The van der Waals surface area contributed by atoms with E-state index in [1.807, 2.05) is 18.2 Å². The molecule has 0 bridgehead atoms. The first-order valence-corrected chi connectivity index (χ1v) is 8.90. The summed E-state index contributed by atoms with van der Waals surface area (Å²) in [5.41, 5.74) is 0.736. The molecule has 0 aliphatic carbocycles. The molecule has 2 aromatic heterocycles. The summed E-state index contributed by atoms with van der Waals surface area (Å²) >= 11 is 0. The predicted octanol–water partition coefficient (Wildman–Crippen LogP) is 3.68. The zero-order valence-corrected chi connectivity index (χ0v) is 14.7. The van der Waals surface area contributed by atoms with Gasteiger partial charge in [-0.1, -0.05) is 30.3 Å². The average Bonchev–Trinajstić information content (AvgIpc) is 3.29. The fourth-order valence-electron chi connectivity index (χ4n) is 3.53. The molecule has 27 heavy (non-hydrogen) atoms. The van der Waals surface area contributed by atoms with E-state index in [-0.39, 0.29) is 5.65 Å². The van der Waals surface area contributed by atoms with E-state index in [1.165, 1.54) is 16.4 Å². The van der Waals surface area contributed by atoms with Crippen molar-refractivity contribution in [3.63, 3.8) is 0 Å². The first kappa shape index (κ1) is 17.8. The quantitative estimate of drug-likeness (QED) is 0.739. The number of rotatable bonds is 5. The van der Waals surface area contributed by atoms with E-state index in [4.69, 9.17) is 0 Å². The number of pyridine rings is 1. The molecule has 1 fully saturated rings. The molecule has 0 radical (unpaired) electrons. The lowest BCUT2D eigenvalue weighted by Crippen LogP contribution is -2.23. The van der Waals surface area contributed by atoms with Crippen LogP contribution in [-0.2, 0) is 12.7 Å². The largest absolute Gasteiger partial charge is 0.416 e. The molecule has 5 nitrogen and oxygen atoms in total. The minimum atomic E-state index is -4.41. The SMILES string of the molecule is FC(F)(F)c1cc(NCC2CCN(Cc3ccccc3)C2)n2ncnc2c1. The van der Waals surface area contributed by atoms with E-state index in [0.717, 1.165) is 38.2 Å². The maximum absolute atomic E-state index is 13.1. The van der Waals surface area contributed by atoms with Crippen LogP contribution in [0, 0.1) is 5.92 Å². The van der Waals surface area contributed by atoms with Crippen molar-refractivity contribution < 1.29 is 13.2 Å². The van der Waals surface area contributed by atoms with Gasteiger partial charge in [-0.25, -0.2) is 4.98 Å². The zero-order chi connectivity index (χ0) is 18.9. The van der Waals surface area contributed by atoms with Crippen LogP contribution in [0.15, 0.2) is 48.8 Å². The van der Waals surface area contributed by atoms with E-state index < -0.39 is 11.7 Å². The average molecular weight is 375 g/mol. The van der Waals surface area contributed by atoms with Crippen LogP contribution in [0.3, 0.4) is 0 Å². The number of fused-ring (bicyclic) bond motifs is 1. The van der Waals surface area contributed by atoms with Gasteiger partial charge in [-0.05, 0) is 36.6 Å². The smallest absolute Gasteiger partial charge is 0.370 e. The van der Waals surface area contributed by atoms with Gasteiger partial charge in [0, 0.05) is 19.6 Å². The topological polar surface area (TPSA) is 45.5 Å². The third kappa shape index (κ3) is 4.05. The Morgan fingerprint density at radius 3 is 2.74 bits per heavy atom. The zero-order valence-electron chi connectivity index (χ0n) is 14.7. The van der Waals surface area contributed by atoms with Gasteiger partial charge in [0.15, 0.2) is 5.65 Å². The second-order valence-electron chi connectivity index (χ2n) is 6.91. The molecule has 1 saturated heterocycles.